The molecule has 0 spiro atoms. The number of fused-ring (bicyclic) bond motifs is 1. The molecule has 0 bridgehead atoms. The SMILES string of the molecule is COc1cc(NC(=O)c2cc(=O)c3ccccc3o2)c(C(=O)NCc2ccc(CNC(=O)O)cc2)cc1OC. The molecule has 0 radical (unpaired) electrons. The van der Waals surface area contributed by atoms with Gasteiger partial charge in [0.15, 0.2) is 22.7 Å². The molecule has 4 N–H and O–H groups in total. The van der Waals surface area contributed by atoms with E-state index < -0.39 is 17.9 Å². The molecular weight excluding hydrogens is 506 g/mol. The zero-order valence-corrected chi connectivity index (χ0v) is 21.1. The van der Waals surface area contributed by atoms with Crippen molar-refractivity contribution < 1.29 is 33.4 Å². The number of hydrogen-bond donors (Lipinski definition) is 4. The van der Waals surface area contributed by atoms with Crippen LogP contribution in [-0.2, 0) is 13.1 Å². The van der Waals surface area contributed by atoms with Crippen molar-refractivity contribution in [2.24, 2.45) is 0 Å². The van der Waals surface area contributed by atoms with Crippen LogP contribution in [0.2, 0.25) is 0 Å². The van der Waals surface area contributed by atoms with Crippen molar-refractivity contribution >= 4 is 34.6 Å². The van der Waals surface area contributed by atoms with E-state index in [-0.39, 0.29) is 52.6 Å². The lowest BCUT2D eigenvalue weighted by atomic mass is 10.1. The van der Waals surface area contributed by atoms with Gasteiger partial charge in [0, 0.05) is 25.2 Å². The minimum absolute atomic E-state index is 0.0893. The molecule has 1 aromatic heterocycles. The Hall–Kier alpha value is -5.32. The van der Waals surface area contributed by atoms with Crippen LogP contribution in [0.25, 0.3) is 11.0 Å². The first-order valence-corrected chi connectivity index (χ1v) is 11.7. The molecule has 3 amide bonds. The number of rotatable bonds is 9. The number of ether oxygens (including phenoxy) is 2. The van der Waals surface area contributed by atoms with E-state index in [4.69, 9.17) is 19.0 Å². The third-order valence-corrected chi connectivity index (χ3v) is 5.79. The molecular formula is C28H25N3O8. The molecule has 0 aliphatic heterocycles. The van der Waals surface area contributed by atoms with Crippen molar-refractivity contribution in [1.82, 2.24) is 10.6 Å². The largest absolute Gasteiger partial charge is 0.493 e. The highest BCUT2D eigenvalue weighted by atomic mass is 16.5. The second-order valence-electron chi connectivity index (χ2n) is 8.34. The maximum atomic E-state index is 13.2. The number of para-hydroxylation sites is 1. The highest BCUT2D eigenvalue weighted by Gasteiger charge is 2.21. The summed E-state index contributed by atoms with van der Waals surface area (Å²) in [6.07, 6.45) is -1.12. The van der Waals surface area contributed by atoms with Crippen molar-refractivity contribution in [3.05, 3.63) is 99.4 Å². The molecule has 0 unspecified atom stereocenters. The van der Waals surface area contributed by atoms with E-state index >= 15 is 0 Å². The molecule has 0 saturated heterocycles. The Morgan fingerprint density at radius 3 is 2.08 bits per heavy atom. The number of carbonyl (C=O) groups is 3. The summed E-state index contributed by atoms with van der Waals surface area (Å²) in [5.41, 5.74) is 1.61. The summed E-state index contributed by atoms with van der Waals surface area (Å²) in [5, 5.41) is 16.8. The average Bonchev–Trinajstić information content (AvgIpc) is 2.95. The van der Waals surface area contributed by atoms with Crippen LogP contribution in [0.5, 0.6) is 11.5 Å². The van der Waals surface area contributed by atoms with Crippen molar-refractivity contribution in [2.75, 3.05) is 19.5 Å². The van der Waals surface area contributed by atoms with Crippen LogP contribution in [0.3, 0.4) is 0 Å². The Labute approximate surface area is 222 Å². The Kier molecular flexibility index (Phi) is 8.10. The number of nitrogens with one attached hydrogen (secondary N) is 3. The van der Waals surface area contributed by atoms with Crippen LogP contribution in [-0.4, -0.2) is 37.2 Å². The second-order valence-corrected chi connectivity index (χ2v) is 8.34. The summed E-state index contributed by atoms with van der Waals surface area (Å²) in [6, 6.07) is 17.5. The predicted molar refractivity (Wildman–Crippen MR) is 142 cm³/mol. The van der Waals surface area contributed by atoms with Crippen LogP contribution >= 0.6 is 0 Å². The fraction of sp³-hybridized carbons (Fsp3) is 0.143. The zero-order chi connectivity index (χ0) is 27.9. The van der Waals surface area contributed by atoms with Gasteiger partial charge in [0.2, 0.25) is 0 Å². The monoisotopic (exact) mass is 531 g/mol. The van der Waals surface area contributed by atoms with E-state index in [1.807, 2.05) is 0 Å². The quantitative estimate of drug-likeness (QED) is 0.254. The lowest BCUT2D eigenvalue weighted by Gasteiger charge is -2.16. The van der Waals surface area contributed by atoms with E-state index in [1.54, 1.807) is 48.5 Å². The molecule has 11 nitrogen and oxygen atoms in total. The van der Waals surface area contributed by atoms with Gasteiger partial charge in [0.05, 0.1) is 30.9 Å². The van der Waals surface area contributed by atoms with Crippen LogP contribution < -0.4 is 30.9 Å². The summed E-state index contributed by atoms with van der Waals surface area (Å²) < 4.78 is 16.3. The fourth-order valence-corrected chi connectivity index (χ4v) is 3.80. The van der Waals surface area contributed by atoms with E-state index in [0.29, 0.717) is 5.39 Å². The summed E-state index contributed by atoms with van der Waals surface area (Å²) in [4.78, 5) is 49.4. The third kappa shape index (κ3) is 6.34. The number of benzene rings is 3. The molecule has 11 heteroatoms. The van der Waals surface area contributed by atoms with Gasteiger partial charge in [-0.2, -0.15) is 0 Å². The van der Waals surface area contributed by atoms with E-state index in [1.165, 1.54) is 26.4 Å². The van der Waals surface area contributed by atoms with Gasteiger partial charge >= 0.3 is 6.09 Å². The Morgan fingerprint density at radius 2 is 1.44 bits per heavy atom. The molecule has 1 heterocycles. The molecule has 0 aliphatic rings. The van der Waals surface area contributed by atoms with Crippen LogP contribution in [0.1, 0.15) is 32.0 Å². The average molecular weight is 532 g/mol. The molecule has 3 aromatic carbocycles. The van der Waals surface area contributed by atoms with Crippen molar-refractivity contribution in [1.29, 1.82) is 0 Å². The Bertz CT molecular complexity index is 1600. The maximum Gasteiger partial charge on any atom is 0.404 e. The number of hydrogen-bond acceptors (Lipinski definition) is 7. The number of carbonyl (C=O) groups excluding carboxylic acids is 2. The van der Waals surface area contributed by atoms with Gasteiger partial charge in [-0.1, -0.05) is 36.4 Å². The second kappa shape index (κ2) is 11.8. The Morgan fingerprint density at radius 1 is 0.821 bits per heavy atom. The minimum atomic E-state index is -1.12. The topological polar surface area (TPSA) is 156 Å². The number of anilines is 1. The first-order valence-electron chi connectivity index (χ1n) is 11.7. The van der Waals surface area contributed by atoms with Gasteiger partial charge in [-0.05, 0) is 29.3 Å². The van der Waals surface area contributed by atoms with Crippen LogP contribution in [0, 0.1) is 0 Å². The van der Waals surface area contributed by atoms with Crippen molar-refractivity contribution in [2.45, 2.75) is 13.1 Å². The summed E-state index contributed by atoms with van der Waals surface area (Å²) in [7, 11) is 2.84. The van der Waals surface area contributed by atoms with E-state index in [2.05, 4.69) is 16.0 Å². The molecule has 0 fully saturated rings. The van der Waals surface area contributed by atoms with Gasteiger partial charge < -0.3 is 34.9 Å². The highest BCUT2D eigenvalue weighted by molar-refractivity contribution is 6.08. The van der Waals surface area contributed by atoms with Crippen LogP contribution in [0.15, 0.2) is 75.9 Å². The summed E-state index contributed by atoms with van der Waals surface area (Å²) in [5.74, 6) is -0.923. The molecule has 4 rings (SSSR count). The van der Waals surface area contributed by atoms with E-state index in [9.17, 15) is 19.2 Å². The minimum Gasteiger partial charge on any atom is -0.493 e. The summed E-state index contributed by atoms with van der Waals surface area (Å²) >= 11 is 0. The normalized spacial score (nSPS) is 10.5. The number of amides is 3. The number of carboxylic acid groups (broad SMARTS) is 1. The van der Waals surface area contributed by atoms with Crippen molar-refractivity contribution in [3.63, 3.8) is 0 Å². The zero-order valence-electron chi connectivity index (χ0n) is 21.1. The molecule has 0 saturated carbocycles. The van der Waals surface area contributed by atoms with Crippen molar-refractivity contribution in [3.8, 4) is 11.5 Å². The van der Waals surface area contributed by atoms with Gasteiger partial charge in [-0.25, -0.2) is 4.79 Å². The highest BCUT2D eigenvalue weighted by Crippen LogP contribution is 2.33. The standard InChI is InChI=1S/C28H25N3O8/c1-37-23-11-19(26(33)29-14-16-7-9-17(10-8-16)15-30-28(35)36)20(12-24(23)38-2)31-27(34)25-13-21(32)18-5-3-4-6-22(18)39-25/h3-13,30H,14-15H2,1-2H3,(H,29,33)(H,31,34)(H,35,36). The van der Waals surface area contributed by atoms with Gasteiger partial charge in [0.25, 0.3) is 11.8 Å². The summed E-state index contributed by atoms with van der Waals surface area (Å²) in [6.45, 7) is 0.320. The fourth-order valence-electron chi connectivity index (χ4n) is 3.80. The molecule has 0 aliphatic carbocycles. The van der Waals surface area contributed by atoms with Gasteiger partial charge in [-0.15, -0.1) is 0 Å². The van der Waals surface area contributed by atoms with Gasteiger partial charge in [0.1, 0.15) is 5.58 Å². The Balaban J connectivity index is 1.56. The van der Waals surface area contributed by atoms with E-state index in [0.717, 1.165) is 17.2 Å². The van der Waals surface area contributed by atoms with Crippen LogP contribution in [0.4, 0.5) is 10.5 Å². The molecule has 0 atom stereocenters. The first-order chi connectivity index (χ1) is 18.8. The smallest absolute Gasteiger partial charge is 0.404 e. The van der Waals surface area contributed by atoms with Gasteiger partial charge in [-0.3, -0.25) is 14.4 Å². The first kappa shape index (κ1) is 26.7. The predicted octanol–water partition coefficient (Wildman–Crippen LogP) is 3.76. The maximum absolute atomic E-state index is 13.2. The third-order valence-electron chi connectivity index (χ3n) is 5.79. The lowest BCUT2D eigenvalue weighted by Crippen LogP contribution is -2.25. The number of methoxy groups -OCH3 is 2. The molecule has 4 aromatic rings. The molecule has 39 heavy (non-hydrogen) atoms. The lowest BCUT2D eigenvalue weighted by molar-refractivity contribution is 0.0951. The molecule has 200 valence electrons.